The number of rotatable bonds is 8. The molecule has 0 atom stereocenters. The van der Waals surface area contributed by atoms with Gasteiger partial charge in [0.1, 0.15) is 0 Å². The normalized spacial score (nSPS) is 17.1. The van der Waals surface area contributed by atoms with Crippen molar-refractivity contribution in [1.29, 1.82) is 0 Å². The van der Waals surface area contributed by atoms with Crippen LogP contribution in [-0.4, -0.2) is 29.9 Å². The number of unbranched alkanes of at least 4 members (excludes halogenated alkanes) is 6. The molecule has 0 spiro atoms. The van der Waals surface area contributed by atoms with Gasteiger partial charge in [-0.2, -0.15) is 0 Å². The molecule has 3 heteroatoms. The lowest BCUT2D eigenvalue weighted by atomic mass is 10.0. The van der Waals surface area contributed by atoms with Crippen LogP contribution < -0.4 is 5.73 Å². The molecule has 0 unspecified atom stereocenters. The van der Waals surface area contributed by atoms with Gasteiger partial charge in [0.25, 0.3) is 0 Å². The second-order valence-corrected chi connectivity index (χ2v) is 5.59. The third kappa shape index (κ3) is 6.39. The maximum atomic E-state index is 11.9. The summed E-state index contributed by atoms with van der Waals surface area (Å²) in [5.74, 6) is 0.343. The first kappa shape index (κ1) is 15.5. The first-order chi connectivity index (χ1) is 8.74. The van der Waals surface area contributed by atoms with Crippen LogP contribution in [-0.2, 0) is 4.79 Å². The average Bonchev–Trinajstić information content (AvgIpc) is 2.38. The number of carbonyl (C=O) groups excluding carboxylic acids is 1. The lowest BCUT2D eigenvalue weighted by molar-refractivity contribution is -0.132. The minimum absolute atomic E-state index is 0.313. The van der Waals surface area contributed by atoms with Gasteiger partial charge in [-0.1, -0.05) is 45.4 Å². The van der Waals surface area contributed by atoms with E-state index in [4.69, 9.17) is 5.73 Å². The molecular weight excluding hydrogens is 224 g/mol. The van der Waals surface area contributed by atoms with E-state index in [0.29, 0.717) is 11.9 Å². The van der Waals surface area contributed by atoms with Crippen LogP contribution in [0, 0.1) is 0 Å². The molecule has 106 valence electrons. The number of amides is 1. The highest BCUT2D eigenvalue weighted by Crippen LogP contribution is 2.13. The molecule has 0 aromatic heterocycles. The first-order valence-electron chi connectivity index (χ1n) is 7.77. The zero-order valence-electron chi connectivity index (χ0n) is 12.0. The maximum absolute atomic E-state index is 11.9. The summed E-state index contributed by atoms with van der Waals surface area (Å²) in [7, 11) is 0. The summed E-state index contributed by atoms with van der Waals surface area (Å²) in [5.41, 5.74) is 5.84. The van der Waals surface area contributed by atoms with Crippen molar-refractivity contribution < 1.29 is 4.79 Å². The Morgan fingerprint density at radius 3 is 2.22 bits per heavy atom. The van der Waals surface area contributed by atoms with Gasteiger partial charge in [-0.25, -0.2) is 0 Å². The highest BCUT2D eigenvalue weighted by atomic mass is 16.2. The van der Waals surface area contributed by atoms with Gasteiger partial charge in [0.2, 0.25) is 5.91 Å². The van der Waals surface area contributed by atoms with E-state index in [0.717, 1.165) is 38.8 Å². The van der Waals surface area contributed by atoms with Crippen LogP contribution >= 0.6 is 0 Å². The van der Waals surface area contributed by atoms with Crippen molar-refractivity contribution in [3.8, 4) is 0 Å². The van der Waals surface area contributed by atoms with Crippen molar-refractivity contribution >= 4 is 5.91 Å². The Labute approximate surface area is 112 Å². The zero-order chi connectivity index (χ0) is 13.2. The third-order valence-electron chi connectivity index (χ3n) is 3.89. The fourth-order valence-electron chi connectivity index (χ4n) is 2.54. The van der Waals surface area contributed by atoms with Gasteiger partial charge in [-0.05, 0) is 19.3 Å². The molecule has 3 nitrogen and oxygen atoms in total. The van der Waals surface area contributed by atoms with E-state index < -0.39 is 0 Å². The Hall–Kier alpha value is -0.570. The van der Waals surface area contributed by atoms with E-state index in [2.05, 4.69) is 6.92 Å². The Morgan fingerprint density at radius 1 is 1.06 bits per heavy atom. The van der Waals surface area contributed by atoms with E-state index in [1.54, 1.807) is 0 Å². The molecule has 1 amide bonds. The number of likely N-dealkylation sites (tertiary alicyclic amines) is 1. The van der Waals surface area contributed by atoms with Crippen LogP contribution in [0.25, 0.3) is 0 Å². The zero-order valence-corrected chi connectivity index (χ0v) is 12.0. The Morgan fingerprint density at radius 2 is 1.61 bits per heavy atom. The molecule has 0 aromatic carbocycles. The molecule has 0 bridgehead atoms. The molecule has 1 saturated heterocycles. The van der Waals surface area contributed by atoms with Gasteiger partial charge >= 0.3 is 0 Å². The summed E-state index contributed by atoms with van der Waals surface area (Å²) >= 11 is 0. The number of carbonyl (C=O) groups is 1. The molecule has 0 radical (unpaired) electrons. The Kier molecular flexibility index (Phi) is 8.06. The Balaban J connectivity index is 1.96. The van der Waals surface area contributed by atoms with Gasteiger partial charge in [0, 0.05) is 25.6 Å². The van der Waals surface area contributed by atoms with Crippen LogP contribution in [0.1, 0.15) is 71.1 Å². The molecule has 1 aliphatic heterocycles. The van der Waals surface area contributed by atoms with Crippen molar-refractivity contribution in [2.24, 2.45) is 5.73 Å². The van der Waals surface area contributed by atoms with Crippen molar-refractivity contribution in [3.63, 3.8) is 0 Å². The highest BCUT2D eigenvalue weighted by molar-refractivity contribution is 5.76. The van der Waals surface area contributed by atoms with Gasteiger partial charge in [-0.3, -0.25) is 4.79 Å². The standard InChI is InChI=1S/C15H30N2O/c1-2-3-4-5-6-7-8-9-15(18)17-12-10-14(16)11-13-17/h14H,2-13,16H2,1H3. The largest absolute Gasteiger partial charge is 0.343 e. The number of hydrogen-bond donors (Lipinski definition) is 1. The van der Waals surface area contributed by atoms with E-state index in [-0.39, 0.29) is 0 Å². The molecule has 0 saturated carbocycles. The fraction of sp³-hybridized carbons (Fsp3) is 0.933. The molecule has 2 N–H and O–H groups in total. The van der Waals surface area contributed by atoms with E-state index in [9.17, 15) is 4.79 Å². The number of nitrogens with two attached hydrogens (primary N) is 1. The fourth-order valence-corrected chi connectivity index (χ4v) is 2.54. The SMILES string of the molecule is CCCCCCCCCC(=O)N1CCC(N)CC1. The quantitative estimate of drug-likeness (QED) is 0.677. The second-order valence-electron chi connectivity index (χ2n) is 5.59. The lowest BCUT2D eigenvalue weighted by Crippen LogP contribution is -2.42. The highest BCUT2D eigenvalue weighted by Gasteiger charge is 2.19. The number of hydrogen-bond acceptors (Lipinski definition) is 2. The molecular formula is C15H30N2O. The average molecular weight is 254 g/mol. The van der Waals surface area contributed by atoms with Crippen LogP contribution in [0.15, 0.2) is 0 Å². The smallest absolute Gasteiger partial charge is 0.222 e. The topological polar surface area (TPSA) is 46.3 Å². The summed E-state index contributed by atoms with van der Waals surface area (Å²) in [6.07, 6.45) is 11.6. The van der Waals surface area contributed by atoms with Crippen molar-refractivity contribution in [2.45, 2.75) is 77.2 Å². The Bertz CT molecular complexity index is 223. The molecule has 1 rings (SSSR count). The van der Waals surface area contributed by atoms with E-state index >= 15 is 0 Å². The predicted molar refractivity (Wildman–Crippen MR) is 76.4 cm³/mol. The minimum atomic E-state index is 0.313. The van der Waals surface area contributed by atoms with E-state index in [1.165, 1.54) is 38.5 Å². The van der Waals surface area contributed by atoms with E-state index in [1.807, 2.05) is 4.90 Å². The molecule has 1 aliphatic rings. The summed E-state index contributed by atoms with van der Waals surface area (Å²) in [6.45, 7) is 3.98. The number of piperidine rings is 1. The molecule has 1 heterocycles. The maximum Gasteiger partial charge on any atom is 0.222 e. The summed E-state index contributed by atoms with van der Waals surface area (Å²) in [6, 6.07) is 0.313. The molecule has 0 aromatic rings. The summed E-state index contributed by atoms with van der Waals surface area (Å²) < 4.78 is 0. The van der Waals surface area contributed by atoms with Crippen LogP contribution in [0.5, 0.6) is 0 Å². The molecule has 18 heavy (non-hydrogen) atoms. The van der Waals surface area contributed by atoms with Crippen molar-refractivity contribution in [3.05, 3.63) is 0 Å². The van der Waals surface area contributed by atoms with Gasteiger partial charge in [0.05, 0.1) is 0 Å². The molecule has 1 fully saturated rings. The van der Waals surface area contributed by atoms with Crippen molar-refractivity contribution in [2.75, 3.05) is 13.1 Å². The monoisotopic (exact) mass is 254 g/mol. The van der Waals surface area contributed by atoms with Crippen LogP contribution in [0.3, 0.4) is 0 Å². The van der Waals surface area contributed by atoms with Gasteiger partial charge in [0.15, 0.2) is 0 Å². The first-order valence-corrected chi connectivity index (χ1v) is 7.77. The van der Waals surface area contributed by atoms with Crippen LogP contribution in [0.4, 0.5) is 0 Å². The summed E-state index contributed by atoms with van der Waals surface area (Å²) in [4.78, 5) is 13.9. The summed E-state index contributed by atoms with van der Waals surface area (Å²) in [5, 5.41) is 0. The number of nitrogens with zero attached hydrogens (tertiary/aromatic N) is 1. The lowest BCUT2D eigenvalue weighted by Gasteiger charge is -2.30. The van der Waals surface area contributed by atoms with Crippen molar-refractivity contribution in [1.82, 2.24) is 4.90 Å². The minimum Gasteiger partial charge on any atom is -0.343 e. The van der Waals surface area contributed by atoms with Crippen LogP contribution in [0.2, 0.25) is 0 Å². The second kappa shape index (κ2) is 9.37. The van der Waals surface area contributed by atoms with Gasteiger partial charge < -0.3 is 10.6 Å². The van der Waals surface area contributed by atoms with Gasteiger partial charge in [-0.15, -0.1) is 0 Å². The third-order valence-corrected chi connectivity index (χ3v) is 3.89. The molecule has 0 aliphatic carbocycles. The predicted octanol–water partition coefficient (Wildman–Crippen LogP) is 3.08.